The van der Waals surface area contributed by atoms with Crippen LogP contribution >= 0.6 is 0 Å². The molecule has 0 atom stereocenters. The molecule has 47 valence electrons. The van der Waals surface area contributed by atoms with Crippen LogP contribution in [0.25, 0.3) is 0 Å². The summed E-state index contributed by atoms with van der Waals surface area (Å²) in [5.74, 6) is 0. The third-order valence-electron chi connectivity index (χ3n) is 0. The molecule has 0 spiro atoms. The second kappa shape index (κ2) is 9.26. The standard InChI is InChI=1S/C2H4.Ag.HNO3/c1-2;;2-1(3)4/h1H,2H3;;(H,2,3,4). The first-order chi connectivity index (χ1) is 3.15. The molecule has 5 heteroatoms. The van der Waals surface area contributed by atoms with Crippen molar-refractivity contribution < 1.29 is 30.9 Å². The Balaban J connectivity index is 0. The molecule has 4 nitrogen and oxygen atoms in total. The van der Waals surface area contributed by atoms with Crippen LogP contribution in [-0.2, 0) is 20.6 Å². The van der Waals surface area contributed by atoms with Gasteiger partial charge in [-0.15, -0.1) is 10.1 Å². The summed E-state index contributed by atoms with van der Waals surface area (Å²) in [6.45, 7) is 1.92. The molecule has 0 saturated carbocycles. The molecular weight excluding hydrogens is 194 g/mol. The molecule has 0 aromatic carbocycles. The molecular formula is C2H5AgNO3. The Morgan fingerprint density at radius 2 is 2.00 bits per heavy atom. The van der Waals surface area contributed by atoms with E-state index in [1.807, 2.05) is 11.1 Å². The van der Waals surface area contributed by atoms with Crippen molar-refractivity contribution in [2.75, 3.05) is 0 Å². The van der Waals surface area contributed by atoms with Crippen LogP contribution in [0.5, 0.6) is 0 Å². The molecule has 0 aliphatic rings. The molecule has 0 amide bonds. The molecule has 0 bridgehead atoms. The third kappa shape index (κ3) is 2340. The Morgan fingerprint density at radius 1 is 2.00 bits per heavy atom. The average Bonchev–Trinajstić information content (AvgIpc) is 1.33. The van der Waals surface area contributed by atoms with Crippen molar-refractivity contribution in [1.29, 1.82) is 0 Å². The van der Waals surface area contributed by atoms with Gasteiger partial charge in [-0.3, -0.25) is 0 Å². The van der Waals surface area contributed by atoms with Gasteiger partial charge < -0.3 is 5.21 Å². The first-order valence-electron chi connectivity index (χ1n) is 1.32. The third-order valence-corrected chi connectivity index (χ3v) is 0. The van der Waals surface area contributed by atoms with Crippen molar-refractivity contribution in [2.45, 2.75) is 6.92 Å². The Labute approximate surface area is 52.7 Å². The summed E-state index contributed by atoms with van der Waals surface area (Å²) in [5.41, 5.74) is 0. The van der Waals surface area contributed by atoms with Crippen molar-refractivity contribution in [3.05, 3.63) is 10.1 Å². The summed E-state index contributed by atoms with van der Waals surface area (Å²) in [5, 5.41) is 13.6. The molecule has 7 heavy (non-hydrogen) atoms. The second-order valence-electron chi connectivity index (χ2n) is 0.412. The van der Waals surface area contributed by atoms with Crippen molar-refractivity contribution in [3.63, 3.8) is 0 Å². The Morgan fingerprint density at radius 3 is 2.00 bits per heavy atom. The van der Waals surface area contributed by atoms with E-state index in [0.29, 0.717) is 0 Å². The molecule has 0 aromatic heterocycles. The van der Waals surface area contributed by atoms with Crippen LogP contribution in [0, 0.1) is 10.1 Å². The van der Waals surface area contributed by atoms with E-state index in [4.69, 9.17) is 15.3 Å². The van der Waals surface area contributed by atoms with E-state index in [0.717, 1.165) is 0 Å². The van der Waals surface area contributed by atoms with Crippen LogP contribution in [0.15, 0.2) is 0 Å². The van der Waals surface area contributed by atoms with E-state index in [-0.39, 0.29) is 0 Å². The molecule has 0 fully saturated rings. The van der Waals surface area contributed by atoms with E-state index < -0.39 is 5.09 Å². The SMILES string of the molecule is C[CH]=[Ag].O=[N+]([O-])O. The second-order valence-corrected chi connectivity index (χ2v) is 1.27. The Hall–Kier alpha value is -0.190. The van der Waals surface area contributed by atoms with Crippen LogP contribution in [0.3, 0.4) is 0 Å². The van der Waals surface area contributed by atoms with Crippen LogP contribution in [0.4, 0.5) is 0 Å². The minimum absolute atomic E-state index is 1.50. The van der Waals surface area contributed by atoms with E-state index in [1.165, 1.54) is 0 Å². The monoisotopic (exact) mass is 198 g/mol. The minimum Gasteiger partial charge on any atom is -0.328 e. The molecule has 0 aromatic rings. The van der Waals surface area contributed by atoms with Gasteiger partial charge in [-0.05, 0) is 0 Å². The zero-order valence-electron chi connectivity index (χ0n) is 3.59. The van der Waals surface area contributed by atoms with E-state index in [2.05, 4.69) is 20.6 Å². The summed E-state index contributed by atoms with van der Waals surface area (Å²) < 4.78 is 1.81. The zero-order chi connectivity index (χ0) is 6.28. The van der Waals surface area contributed by atoms with Gasteiger partial charge in [-0.25, -0.2) is 0 Å². The smallest absolute Gasteiger partial charge is 0.291 e. The van der Waals surface area contributed by atoms with Gasteiger partial charge in [-0.1, -0.05) is 0 Å². The molecule has 1 N–H and O–H groups in total. The van der Waals surface area contributed by atoms with Crippen LogP contribution < -0.4 is 0 Å². The van der Waals surface area contributed by atoms with E-state index in [1.54, 1.807) is 0 Å². The molecule has 0 heterocycles. The van der Waals surface area contributed by atoms with Gasteiger partial charge in [0.05, 0.1) is 0 Å². The molecule has 0 unspecified atom stereocenters. The van der Waals surface area contributed by atoms with Crippen molar-refractivity contribution >= 4 is 4.23 Å². The summed E-state index contributed by atoms with van der Waals surface area (Å²) in [7, 11) is 0. The number of hydrogen-bond acceptors (Lipinski definition) is 2. The van der Waals surface area contributed by atoms with Crippen molar-refractivity contribution in [1.82, 2.24) is 0 Å². The number of hydrogen-bond donors (Lipinski definition) is 1. The topological polar surface area (TPSA) is 63.4 Å². The van der Waals surface area contributed by atoms with Gasteiger partial charge in [0.1, 0.15) is 0 Å². The van der Waals surface area contributed by atoms with Crippen LogP contribution in [0.1, 0.15) is 6.92 Å². The summed E-state index contributed by atoms with van der Waals surface area (Å²) >= 11 is 3.03. The largest absolute Gasteiger partial charge is 0.328 e. The molecule has 0 radical (unpaired) electrons. The van der Waals surface area contributed by atoms with E-state index in [9.17, 15) is 0 Å². The normalized spacial score (nSPS) is 5.57. The van der Waals surface area contributed by atoms with Gasteiger partial charge in [0.2, 0.25) is 0 Å². The maximum absolute atomic E-state index is 8.36. The fraction of sp³-hybridized carbons (Fsp3) is 0.500. The Kier molecular flexibility index (Phi) is 13.1. The van der Waals surface area contributed by atoms with Crippen LogP contribution in [0.2, 0.25) is 0 Å². The quantitative estimate of drug-likeness (QED) is 0.339. The van der Waals surface area contributed by atoms with Crippen molar-refractivity contribution in [3.8, 4) is 0 Å². The molecule has 0 saturated heterocycles. The van der Waals surface area contributed by atoms with Gasteiger partial charge in [0.15, 0.2) is 0 Å². The van der Waals surface area contributed by atoms with Gasteiger partial charge in [-0.2, -0.15) is 0 Å². The molecule has 0 aliphatic carbocycles. The summed E-state index contributed by atoms with van der Waals surface area (Å²) in [6, 6.07) is 0. The predicted molar refractivity (Wildman–Crippen MR) is 20.5 cm³/mol. The first-order valence-corrected chi connectivity index (χ1v) is 2.17. The molecule has 0 aliphatic heterocycles. The fourth-order valence-corrected chi connectivity index (χ4v) is 0. The Bertz CT molecular complexity index is 60.0. The van der Waals surface area contributed by atoms with E-state index >= 15 is 0 Å². The number of rotatable bonds is 0. The maximum atomic E-state index is 8.36. The average molecular weight is 199 g/mol. The maximum Gasteiger partial charge on any atom is 0.291 e. The number of nitrogens with zero attached hydrogens (tertiary/aromatic N) is 1. The fourth-order valence-electron chi connectivity index (χ4n) is 0. The van der Waals surface area contributed by atoms with Crippen LogP contribution in [-0.4, -0.2) is 14.5 Å². The van der Waals surface area contributed by atoms with Gasteiger partial charge in [0, 0.05) is 0 Å². The minimum atomic E-state index is -1.50. The van der Waals surface area contributed by atoms with Gasteiger partial charge >= 0.3 is 31.8 Å². The molecule has 0 rings (SSSR count). The zero-order valence-corrected chi connectivity index (χ0v) is 5.07. The summed E-state index contributed by atoms with van der Waals surface area (Å²) in [6.07, 6.45) is 0. The first kappa shape index (κ1) is 9.94. The summed E-state index contributed by atoms with van der Waals surface area (Å²) in [4.78, 5) is 8.36. The predicted octanol–water partition coefficient (Wildman–Crippen LogP) is 0.00760. The van der Waals surface area contributed by atoms with Gasteiger partial charge in [0.25, 0.3) is 5.09 Å². The van der Waals surface area contributed by atoms with Crippen molar-refractivity contribution in [2.24, 2.45) is 0 Å².